The van der Waals surface area contributed by atoms with Crippen molar-refractivity contribution in [3.05, 3.63) is 96.6 Å². The van der Waals surface area contributed by atoms with Crippen LogP contribution in [0.25, 0.3) is 0 Å². The van der Waals surface area contributed by atoms with E-state index in [9.17, 15) is 0 Å². The average Bonchev–Trinajstić information content (AvgIpc) is 3.39. The molecule has 2 saturated heterocycles. The van der Waals surface area contributed by atoms with Gasteiger partial charge in [-0.15, -0.1) is 0 Å². The summed E-state index contributed by atoms with van der Waals surface area (Å²) in [5.41, 5.74) is 1.20. The predicted molar refractivity (Wildman–Crippen MR) is 166 cm³/mol. The third kappa shape index (κ3) is 6.69. The van der Waals surface area contributed by atoms with Gasteiger partial charge in [0.2, 0.25) is 0 Å². The zero-order valence-corrected chi connectivity index (χ0v) is 26.3. The SMILES string of the molecule is CC1(C)O[C@H]2C[C@H](CO[Si](c3ccccc3)(c3ccccc3)C(C)(C)C)O[C@@]2(CCCCOCc2ccccc2)O1. The zero-order chi connectivity index (χ0) is 29.0. The molecule has 3 atom stereocenters. The van der Waals surface area contributed by atoms with Crippen LogP contribution in [0, 0.1) is 0 Å². The summed E-state index contributed by atoms with van der Waals surface area (Å²) in [5, 5.41) is 2.46. The molecule has 6 heteroatoms. The van der Waals surface area contributed by atoms with Crippen molar-refractivity contribution < 1.29 is 23.4 Å². The number of unbranched alkanes of at least 4 members (excludes halogenated alkanes) is 1. The van der Waals surface area contributed by atoms with Crippen LogP contribution in [0.1, 0.15) is 65.9 Å². The Balaban J connectivity index is 1.26. The average molecular weight is 575 g/mol. The Labute approximate surface area is 247 Å². The van der Waals surface area contributed by atoms with Gasteiger partial charge in [0.15, 0.2) is 11.6 Å². The topological polar surface area (TPSA) is 46.2 Å². The summed E-state index contributed by atoms with van der Waals surface area (Å²) in [6, 6.07) is 31.8. The third-order valence-corrected chi connectivity index (χ3v) is 13.3. The van der Waals surface area contributed by atoms with Crippen molar-refractivity contribution in [2.75, 3.05) is 13.2 Å². The van der Waals surface area contributed by atoms with E-state index in [4.69, 9.17) is 23.4 Å². The Bertz CT molecular complexity index is 1190. The van der Waals surface area contributed by atoms with Crippen molar-refractivity contribution in [1.29, 1.82) is 0 Å². The minimum Gasteiger partial charge on any atom is -0.405 e. The monoisotopic (exact) mass is 574 g/mol. The maximum atomic E-state index is 7.19. The number of hydrogen-bond acceptors (Lipinski definition) is 5. The normalized spacial score (nSPS) is 23.9. The fraction of sp³-hybridized carbons (Fsp3) is 0.486. The van der Waals surface area contributed by atoms with Gasteiger partial charge in [-0.2, -0.15) is 0 Å². The lowest BCUT2D eigenvalue weighted by Gasteiger charge is -2.43. The Kier molecular flexibility index (Phi) is 9.19. The van der Waals surface area contributed by atoms with Gasteiger partial charge in [0, 0.05) is 19.4 Å². The first-order valence-corrected chi connectivity index (χ1v) is 17.0. The molecule has 3 aromatic carbocycles. The molecule has 2 fully saturated rings. The van der Waals surface area contributed by atoms with Gasteiger partial charge < -0.3 is 23.4 Å². The van der Waals surface area contributed by atoms with Gasteiger partial charge in [0.1, 0.15) is 6.10 Å². The summed E-state index contributed by atoms with van der Waals surface area (Å²) in [6.45, 7) is 12.7. The second-order valence-corrected chi connectivity index (χ2v) is 17.2. The summed E-state index contributed by atoms with van der Waals surface area (Å²) in [7, 11) is -2.65. The largest absolute Gasteiger partial charge is 0.405 e. The van der Waals surface area contributed by atoms with Gasteiger partial charge in [0.05, 0.1) is 19.3 Å². The van der Waals surface area contributed by atoms with Crippen molar-refractivity contribution >= 4 is 18.7 Å². The van der Waals surface area contributed by atoms with E-state index < -0.39 is 19.9 Å². The van der Waals surface area contributed by atoms with E-state index in [0.29, 0.717) is 19.8 Å². The van der Waals surface area contributed by atoms with Gasteiger partial charge >= 0.3 is 0 Å². The highest BCUT2D eigenvalue weighted by atomic mass is 28.4. The number of ether oxygens (including phenoxy) is 4. The maximum Gasteiger partial charge on any atom is 0.261 e. The fourth-order valence-corrected chi connectivity index (χ4v) is 11.1. The highest BCUT2D eigenvalue weighted by molar-refractivity contribution is 6.99. The van der Waals surface area contributed by atoms with Crippen LogP contribution in [0.2, 0.25) is 5.04 Å². The summed E-state index contributed by atoms with van der Waals surface area (Å²) >= 11 is 0. The molecular weight excluding hydrogens is 528 g/mol. The number of rotatable bonds is 12. The summed E-state index contributed by atoms with van der Waals surface area (Å²) < 4.78 is 32.8. The molecule has 41 heavy (non-hydrogen) atoms. The van der Waals surface area contributed by atoms with Crippen molar-refractivity contribution in [3.63, 3.8) is 0 Å². The molecule has 0 unspecified atom stereocenters. The summed E-state index contributed by atoms with van der Waals surface area (Å²) in [5.74, 6) is -1.42. The Morgan fingerprint density at radius 1 is 0.805 bits per heavy atom. The van der Waals surface area contributed by atoms with Crippen molar-refractivity contribution in [2.24, 2.45) is 0 Å². The van der Waals surface area contributed by atoms with Crippen molar-refractivity contribution in [3.8, 4) is 0 Å². The van der Waals surface area contributed by atoms with Crippen LogP contribution >= 0.6 is 0 Å². The molecule has 220 valence electrons. The van der Waals surface area contributed by atoms with Crippen LogP contribution in [0.4, 0.5) is 0 Å². The van der Waals surface area contributed by atoms with Gasteiger partial charge in [-0.1, -0.05) is 112 Å². The van der Waals surface area contributed by atoms with Gasteiger partial charge in [-0.05, 0) is 47.7 Å². The predicted octanol–water partition coefficient (Wildman–Crippen LogP) is 6.59. The van der Waals surface area contributed by atoms with Crippen LogP contribution in [0.5, 0.6) is 0 Å². The van der Waals surface area contributed by atoms with E-state index in [1.54, 1.807) is 0 Å². The van der Waals surface area contributed by atoms with Crippen LogP contribution in [-0.4, -0.2) is 45.3 Å². The molecule has 3 aromatic rings. The second kappa shape index (κ2) is 12.5. The van der Waals surface area contributed by atoms with E-state index >= 15 is 0 Å². The lowest BCUT2D eigenvalue weighted by molar-refractivity contribution is -0.264. The quantitative estimate of drug-likeness (QED) is 0.181. The number of fused-ring (bicyclic) bond motifs is 1. The summed E-state index contributed by atoms with van der Waals surface area (Å²) in [4.78, 5) is 0. The first-order valence-electron chi connectivity index (χ1n) is 15.1. The van der Waals surface area contributed by atoms with Crippen molar-refractivity contribution in [1.82, 2.24) is 0 Å². The van der Waals surface area contributed by atoms with E-state index in [1.807, 2.05) is 32.0 Å². The lowest BCUT2D eigenvalue weighted by Crippen LogP contribution is -2.67. The standard InChI is InChI=1S/C35H46O5Si/c1-33(2,3)41(30-19-11-7-12-20-30,31-21-13-8-14-22-31)37-27-29-25-32-35(38-29,40-34(4,5)39-32)23-15-16-24-36-26-28-17-9-6-10-18-28/h6-14,17-22,29,32H,15-16,23-27H2,1-5H3/t29-,32+,35+/m1/s1. The lowest BCUT2D eigenvalue weighted by atomic mass is 10.0. The van der Waals surface area contributed by atoms with E-state index in [0.717, 1.165) is 25.7 Å². The molecule has 0 bridgehead atoms. The molecule has 2 aliphatic rings. The van der Waals surface area contributed by atoms with Crippen LogP contribution in [0.15, 0.2) is 91.0 Å². The molecule has 0 N–H and O–H groups in total. The highest BCUT2D eigenvalue weighted by Crippen LogP contribution is 2.48. The highest BCUT2D eigenvalue weighted by Gasteiger charge is 2.60. The molecule has 2 heterocycles. The first kappa shape index (κ1) is 30.1. The Morgan fingerprint density at radius 2 is 1.39 bits per heavy atom. The molecule has 0 aliphatic carbocycles. The zero-order valence-electron chi connectivity index (χ0n) is 25.3. The third-order valence-electron chi connectivity index (χ3n) is 8.26. The maximum absolute atomic E-state index is 7.19. The molecule has 5 nitrogen and oxygen atoms in total. The minimum absolute atomic E-state index is 0.0867. The molecule has 0 saturated carbocycles. The first-order chi connectivity index (χ1) is 19.6. The molecule has 0 spiro atoms. The second-order valence-electron chi connectivity index (χ2n) is 12.9. The van der Waals surface area contributed by atoms with E-state index in [2.05, 4.69) is 93.6 Å². The fourth-order valence-electron chi connectivity index (χ4n) is 6.53. The molecule has 0 amide bonds. The number of benzene rings is 3. The molecule has 0 aromatic heterocycles. The minimum atomic E-state index is -2.65. The number of hydrogen-bond donors (Lipinski definition) is 0. The molecule has 0 radical (unpaired) electrons. The molecule has 2 aliphatic heterocycles. The van der Waals surface area contributed by atoms with Gasteiger partial charge in [-0.3, -0.25) is 0 Å². The van der Waals surface area contributed by atoms with Crippen LogP contribution < -0.4 is 10.4 Å². The van der Waals surface area contributed by atoms with Crippen LogP contribution in [-0.2, 0) is 30.0 Å². The van der Waals surface area contributed by atoms with Gasteiger partial charge in [0.25, 0.3) is 8.32 Å². The van der Waals surface area contributed by atoms with E-state index in [-0.39, 0.29) is 17.2 Å². The molecule has 5 rings (SSSR count). The van der Waals surface area contributed by atoms with Crippen molar-refractivity contribution in [2.45, 2.75) is 95.7 Å². The Hall–Kier alpha value is -2.32. The van der Waals surface area contributed by atoms with Gasteiger partial charge in [-0.25, -0.2) is 0 Å². The van der Waals surface area contributed by atoms with Crippen LogP contribution in [0.3, 0.4) is 0 Å². The van der Waals surface area contributed by atoms with E-state index in [1.165, 1.54) is 15.9 Å². The molecular formula is C35H46O5Si. The smallest absolute Gasteiger partial charge is 0.261 e. The summed E-state index contributed by atoms with van der Waals surface area (Å²) in [6.07, 6.45) is 3.19. The Morgan fingerprint density at radius 3 is 1.98 bits per heavy atom.